The van der Waals surface area contributed by atoms with Crippen molar-refractivity contribution in [2.75, 3.05) is 6.54 Å². The second-order valence-corrected chi connectivity index (χ2v) is 13.8. The molecule has 1 amide bonds. The highest BCUT2D eigenvalue weighted by molar-refractivity contribution is 7.89. The minimum absolute atomic E-state index is 0.0501. The van der Waals surface area contributed by atoms with Gasteiger partial charge in [0.15, 0.2) is 0 Å². The molecule has 0 saturated heterocycles. The molecule has 0 bridgehead atoms. The average Bonchev–Trinajstić information content (AvgIpc) is 3.37. The third-order valence-electron chi connectivity index (χ3n) is 7.41. The van der Waals surface area contributed by atoms with Crippen LogP contribution in [0.1, 0.15) is 67.6 Å². The van der Waals surface area contributed by atoms with Crippen molar-refractivity contribution in [3.63, 3.8) is 0 Å². The predicted molar refractivity (Wildman–Crippen MR) is 154 cm³/mol. The highest BCUT2D eigenvalue weighted by atomic mass is 32.2. The van der Waals surface area contributed by atoms with Crippen molar-refractivity contribution in [1.29, 1.82) is 0 Å². The molecule has 2 N–H and O–H groups in total. The Morgan fingerprint density at radius 3 is 2.65 bits per heavy atom. The SMILES string of the molecule is Cc1ccc(S(=O)(=O)N2C=CNC(=O)[C@H]2Cc2cn([C@@H]3CCCc4cc(CNCC(C)(C)C)ccc43)nn2)cc1. The van der Waals surface area contributed by atoms with Crippen molar-refractivity contribution >= 4 is 15.9 Å². The van der Waals surface area contributed by atoms with Crippen LogP contribution < -0.4 is 10.6 Å². The van der Waals surface area contributed by atoms with Crippen molar-refractivity contribution in [2.24, 2.45) is 5.41 Å². The van der Waals surface area contributed by atoms with E-state index >= 15 is 0 Å². The Kier molecular flexibility index (Phi) is 7.83. The largest absolute Gasteiger partial charge is 0.329 e. The Morgan fingerprint density at radius 2 is 1.90 bits per heavy atom. The zero-order valence-electron chi connectivity index (χ0n) is 23.6. The van der Waals surface area contributed by atoms with Gasteiger partial charge in [0.25, 0.3) is 10.0 Å². The number of nitrogens with one attached hydrogen (secondary N) is 2. The standard InChI is InChI=1S/C30H38N6O3S/c1-21-8-11-25(12-9-21)40(38,39)36-15-14-32-29(37)28(36)17-24-19-35(34-33-24)27-7-5-6-23-16-22(10-13-26(23)27)18-31-20-30(2,3)4/h8-16,19,27-28,31H,5-7,17-18,20H2,1-4H3,(H,32,37)/t27-,28-/m1/s1. The molecule has 0 fully saturated rings. The molecule has 0 saturated carbocycles. The van der Waals surface area contributed by atoms with E-state index in [0.717, 1.165) is 42.2 Å². The molecule has 1 aliphatic heterocycles. The molecule has 212 valence electrons. The van der Waals surface area contributed by atoms with Crippen molar-refractivity contribution in [3.8, 4) is 0 Å². The maximum atomic E-state index is 13.4. The Bertz CT molecular complexity index is 1500. The Morgan fingerprint density at radius 1 is 1.12 bits per heavy atom. The lowest BCUT2D eigenvalue weighted by atomic mass is 9.86. The van der Waals surface area contributed by atoms with Gasteiger partial charge in [0, 0.05) is 38.1 Å². The van der Waals surface area contributed by atoms with Crippen LogP contribution >= 0.6 is 0 Å². The van der Waals surface area contributed by atoms with Crippen molar-refractivity contribution < 1.29 is 13.2 Å². The molecule has 1 aliphatic carbocycles. The van der Waals surface area contributed by atoms with E-state index in [1.54, 1.807) is 24.3 Å². The first-order chi connectivity index (χ1) is 19.0. The summed E-state index contributed by atoms with van der Waals surface area (Å²) < 4.78 is 29.8. The number of carbonyl (C=O) groups excluding carboxylic acids is 1. The molecule has 2 aromatic carbocycles. The molecule has 0 radical (unpaired) electrons. The minimum atomic E-state index is -3.93. The molecule has 0 spiro atoms. The number of aryl methyl sites for hydroxylation is 2. The van der Waals surface area contributed by atoms with Crippen LogP contribution in [-0.4, -0.2) is 46.2 Å². The lowest BCUT2D eigenvalue weighted by molar-refractivity contribution is -0.124. The summed E-state index contributed by atoms with van der Waals surface area (Å²) in [6.07, 6.45) is 7.73. The number of hydrogen-bond acceptors (Lipinski definition) is 6. The van der Waals surface area contributed by atoms with E-state index in [4.69, 9.17) is 0 Å². The van der Waals surface area contributed by atoms with E-state index in [-0.39, 0.29) is 22.8 Å². The van der Waals surface area contributed by atoms with Crippen LogP contribution in [0.2, 0.25) is 0 Å². The number of benzene rings is 2. The quantitative estimate of drug-likeness (QED) is 0.432. The Labute approximate surface area is 236 Å². The third kappa shape index (κ3) is 6.13. The summed E-state index contributed by atoms with van der Waals surface area (Å²) >= 11 is 0. The number of rotatable bonds is 8. The van der Waals surface area contributed by atoms with Crippen LogP contribution in [0.5, 0.6) is 0 Å². The summed E-state index contributed by atoms with van der Waals surface area (Å²) in [5.74, 6) is -0.400. The summed E-state index contributed by atoms with van der Waals surface area (Å²) in [5, 5.41) is 15.0. The number of fused-ring (bicyclic) bond motifs is 1. The zero-order chi connectivity index (χ0) is 28.5. The number of carbonyl (C=O) groups is 1. The summed E-state index contributed by atoms with van der Waals surface area (Å²) in [7, 11) is -3.93. The highest BCUT2D eigenvalue weighted by Crippen LogP contribution is 2.33. The van der Waals surface area contributed by atoms with E-state index < -0.39 is 22.0 Å². The normalized spacial score (nSPS) is 19.4. The van der Waals surface area contributed by atoms with Gasteiger partial charge in [0.05, 0.1) is 16.6 Å². The number of aromatic nitrogens is 3. The second-order valence-electron chi connectivity index (χ2n) is 12.0. The molecule has 0 unspecified atom stereocenters. The molecule has 1 aromatic heterocycles. The molecule has 5 rings (SSSR count). The summed E-state index contributed by atoms with van der Waals surface area (Å²) in [4.78, 5) is 13.0. The topological polar surface area (TPSA) is 109 Å². The van der Waals surface area contributed by atoms with Crippen LogP contribution in [-0.2, 0) is 34.2 Å². The first kappa shape index (κ1) is 28.0. The number of amides is 1. The molecule has 10 heteroatoms. The monoisotopic (exact) mass is 562 g/mol. The first-order valence-electron chi connectivity index (χ1n) is 13.8. The fourth-order valence-electron chi connectivity index (χ4n) is 5.34. The lowest BCUT2D eigenvalue weighted by Gasteiger charge is -2.31. The molecule has 2 aliphatic rings. The molecule has 2 heterocycles. The van der Waals surface area contributed by atoms with Gasteiger partial charge < -0.3 is 10.6 Å². The summed E-state index contributed by atoms with van der Waals surface area (Å²) in [6, 6.07) is 12.4. The highest BCUT2D eigenvalue weighted by Gasteiger charge is 2.36. The fraction of sp³-hybridized carbons (Fsp3) is 0.433. The van der Waals surface area contributed by atoms with E-state index in [9.17, 15) is 13.2 Å². The lowest BCUT2D eigenvalue weighted by Crippen LogP contribution is -2.50. The van der Waals surface area contributed by atoms with Crippen LogP contribution in [0.15, 0.2) is 66.0 Å². The van der Waals surface area contributed by atoms with Crippen LogP contribution in [0, 0.1) is 12.3 Å². The van der Waals surface area contributed by atoms with Crippen LogP contribution in [0.3, 0.4) is 0 Å². The number of hydrogen-bond donors (Lipinski definition) is 2. The maximum Gasteiger partial charge on any atom is 0.264 e. The van der Waals surface area contributed by atoms with Crippen LogP contribution in [0.4, 0.5) is 0 Å². The minimum Gasteiger partial charge on any atom is -0.329 e. The Balaban J connectivity index is 1.33. The van der Waals surface area contributed by atoms with Gasteiger partial charge >= 0.3 is 0 Å². The van der Waals surface area contributed by atoms with Crippen molar-refractivity contribution in [3.05, 3.63) is 89.0 Å². The zero-order valence-corrected chi connectivity index (χ0v) is 24.4. The van der Waals surface area contributed by atoms with Gasteiger partial charge in [0.1, 0.15) is 6.04 Å². The fourth-order valence-corrected chi connectivity index (χ4v) is 6.79. The third-order valence-corrected chi connectivity index (χ3v) is 9.21. The van der Waals surface area contributed by atoms with Gasteiger partial charge in [-0.2, -0.15) is 0 Å². The van der Waals surface area contributed by atoms with E-state index in [0.29, 0.717) is 5.69 Å². The van der Waals surface area contributed by atoms with E-state index in [1.165, 1.54) is 29.1 Å². The second kappa shape index (κ2) is 11.2. The molecule has 9 nitrogen and oxygen atoms in total. The van der Waals surface area contributed by atoms with Gasteiger partial charge in [-0.1, -0.05) is 61.9 Å². The number of sulfonamides is 1. The predicted octanol–water partition coefficient (Wildman–Crippen LogP) is 3.85. The summed E-state index contributed by atoms with van der Waals surface area (Å²) in [6.45, 7) is 10.4. The van der Waals surface area contributed by atoms with Gasteiger partial charge in [-0.15, -0.1) is 5.10 Å². The average molecular weight is 563 g/mol. The first-order valence-corrected chi connectivity index (χ1v) is 15.3. The van der Waals surface area contributed by atoms with Crippen molar-refractivity contribution in [2.45, 2.75) is 76.9 Å². The Hall–Kier alpha value is -3.50. The van der Waals surface area contributed by atoms with Crippen LogP contribution in [0.25, 0.3) is 0 Å². The van der Waals surface area contributed by atoms with Gasteiger partial charge in [0.2, 0.25) is 5.91 Å². The smallest absolute Gasteiger partial charge is 0.264 e. The summed E-state index contributed by atoms with van der Waals surface area (Å²) in [5.41, 5.74) is 5.60. The van der Waals surface area contributed by atoms with Gasteiger partial charge in [-0.3, -0.25) is 9.10 Å². The van der Waals surface area contributed by atoms with E-state index in [1.807, 2.05) is 17.8 Å². The molecular weight excluding hydrogens is 524 g/mol. The number of nitrogens with zero attached hydrogens (tertiary/aromatic N) is 4. The molecule has 40 heavy (non-hydrogen) atoms. The molecular formula is C30H38N6O3S. The van der Waals surface area contributed by atoms with Gasteiger partial charge in [-0.25, -0.2) is 13.1 Å². The van der Waals surface area contributed by atoms with Crippen molar-refractivity contribution in [1.82, 2.24) is 29.9 Å². The molecule has 3 aromatic rings. The molecule has 2 atom stereocenters. The maximum absolute atomic E-state index is 13.4. The van der Waals surface area contributed by atoms with E-state index in [2.05, 4.69) is 59.9 Å². The van der Waals surface area contributed by atoms with Gasteiger partial charge in [-0.05, 0) is 60.4 Å².